The number of aryl methyl sites for hydroxylation is 1. The van der Waals surface area contributed by atoms with Crippen LogP contribution in [0.1, 0.15) is 28.2 Å². The van der Waals surface area contributed by atoms with Gasteiger partial charge in [0.2, 0.25) is 0 Å². The molecular weight excluding hydrogens is 404 g/mol. The van der Waals surface area contributed by atoms with E-state index in [0.29, 0.717) is 12.1 Å². The van der Waals surface area contributed by atoms with Crippen LogP contribution in [-0.2, 0) is 0 Å². The van der Waals surface area contributed by atoms with Gasteiger partial charge in [-0.05, 0) is 56.7 Å². The molecule has 0 atom stereocenters. The van der Waals surface area contributed by atoms with Crippen LogP contribution in [0.15, 0.2) is 59.1 Å². The number of rotatable bonds is 7. The number of nitrogens with zero attached hydrogens (tertiary/aromatic N) is 2. The minimum Gasteiger partial charge on any atom is -0.385 e. The van der Waals surface area contributed by atoms with E-state index in [9.17, 15) is 4.79 Å². The standard InChI is InChI=1S/C21H23BrN4O/c1-15-20(16(2)26(25-15)19-11-9-17(22)10-12-19)21(27)24-14-6-13-23-18-7-4-3-5-8-18/h3-5,7-12,23H,6,13-14H2,1-2H3,(H,24,27). The average Bonchev–Trinajstić information content (AvgIpc) is 2.97. The number of hydrogen-bond donors (Lipinski definition) is 2. The normalized spacial score (nSPS) is 10.6. The minimum atomic E-state index is -0.0759. The molecular formula is C21H23BrN4O. The van der Waals surface area contributed by atoms with Gasteiger partial charge in [0.15, 0.2) is 0 Å². The molecule has 0 saturated carbocycles. The fourth-order valence-corrected chi connectivity index (χ4v) is 3.24. The quantitative estimate of drug-likeness (QED) is 0.547. The molecule has 6 heteroatoms. The van der Waals surface area contributed by atoms with E-state index in [0.717, 1.165) is 40.2 Å². The molecule has 0 aliphatic carbocycles. The van der Waals surface area contributed by atoms with Gasteiger partial charge in [-0.2, -0.15) is 5.10 Å². The summed E-state index contributed by atoms with van der Waals surface area (Å²) in [6.07, 6.45) is 0.847. The lowest BCUT2D eigenvalue weighted by molar-refractivity contribution is 0.0952. The number of carbonyl (C=O) groups is 1. The Morgan fingerprint density at radius 2 is 1.74 bits per heavy atom. The lowest BCUT2D eigenvalue weighted by Gasteiger charge is -2.08. The number of amides is 1. The topological polar surface area (TPSA) is 59.0 Å². The maximum Gasteiger partial charge on any atom is 0.255 e. The van der Waals surface area contributed by atoms with Gasteiger partial charge in [-0.15, -0.1) is 0 Å². The van der Waals surface area contributed by atoms with Crippen LogP contribution < -0.4 is 10.6 Å². The molecule has 2 aromatic carbocycles. The zero-order valence-electron chi connectivity index (χ0n) is 15.5. The van der Waals surface area contributed by atoms with Crippen molar-refractivity contribution in [1.82, 2.24) is 15.1 Å². The molecule has 1 heterocycles. The lowest BCUT2D eigenvalue weighted by Crippen LogP contribution is -2.26. The first-order chi connectivity index (χ1) is 13.1. The number of anilines is 1. The first-order valence-corrected chi connectivity index (χ1v) is 9.75. The Labute approximate surface area is 167 Å². The number of hydrogen-bond acceptors (Lipinski definition) is 3. The molecule has 3 aromatic rings. The summed E-state index contributed by atoms with van der Waals surface area (Å²) < 4.78 is 2.82. The molecule has 1 amide bonds. The molecule has 0 fully saturated rings. The molecule has 0 aliphatic rings. The Kier molecular flexibility index (Phi) is 6.29. The maximum absolute atomic E-state index is 12.6. The summed E-state index contributed by atoms with van der Waals surface area (Å²) in [6.45, 7) is 5.21. The highest BCUT2D eigenvalue weighted by molar-refractivity contribution is 9.10. The molecule has 140 valence electrons. The number of para-hydroxylation sites is 1. The van der Waals surface area contributed by atoms with E-state index in [2.05, 4.69) is 31.7 Å². The van der Waals surface area contributed by atoms with Crippen LogP contribution in [0.5, 0.6) is 0 Å². The number of nitrogens with one attached hydrogen (secondary N) is 2. The number of benzene rings is 2. The maximum atomic E-state index is 12.6. The van der Waals surface area contributed by atoms with Crippen LogP contribution >= 0.6 is 15.9 Å². The SMILES string of the molecule is Cc1nn(-c2ccc(Br)cc2)c(C)c1C(=O)NCCCNc1ccccc1. The van der Waals surface area contributed by atoms with Crippen molar-refractivity contribution in [3.8, 4) is 5.69 Å². The fraction of sp³-hybridized carbons (Fsp3) is 0.238. The molecule has 0 radical (unpaired) electrons. The highest BCUT2D eigenvalue weighted by atomic mass is 79.9. The molecule has 3 rings (SSSR count). The van der Waals surface area contributed by atoms with Crippen molar-refractivity contribution in [2.75, 3.05) is 18.4 Å². The highest BCUT2D eigenvalue weighted by Crippen LogP contribution is 2.19. The Hall–Kier alpha value is -2.60. The van der Waals surface area contributed by atoms with E-state index in [1.165, 1.54) is 0 Å². The van der Waals surface area contributed by atoms with E-state index in [1.807, 2.05) is 73.1 Å². The Morgan fingerprint density at radius 1 is 1.04 bits per heavy atom. The molecule has 2 N–H and O–H groups in total. The molecule has 5 nitrogen and oxygen atoms in total. The van der Waals surface area contributed by atoms with Crippen LogP contribution in [0.3, 0.4) is 0 Å². The van der Waals surface area contributed by atoms with E-state index in [4.69, 9.17) is 0 Å². The van der Waals surface area contributed by atoms with Crippen LogP contribution in [0, 0.1) is 13.8 Å². The third kappa shape index (κ3) is 4.77. The number of carbonyl (C=O) groups excluding carboxylic acids is 1. The predicted molar refractivity (Wildman–Crippen MR) is 113 cm³/mol. The number of halogens is 1. The summed E-state index contributed by atoms with van der Waals surface area (Å²) >= 11 is 3.44. The third-order valence-corrected chi connectivity index (χ3v) is 4.86. The van der Waals surface area contributed by atoms with Crippen molar-refractivity contribution in [2.45, 2.75) is 20.3 Å². The smallest absolute Gasteiger partial charge is 0.255 e. The zero-order chi connectivity index (χ0) is 19.2. The van der Waals surface area contributed by atoms with Crippen molar-refractivity contribution in [1.29, 1.82) is 0 Å². The monoisotopic (exact) mass is 426 g/mol. The molecule has 0 unspecified atom stereocenters. The Balaban J connectivity index is 1.57. The van der Waals surface area contributed by atoms with Crippen LogP contribution in [0.25, 0.3) is 5.69 Å². The average molecular weight is 427 g/mol. The largest absolute Gasteiger partial charge is 0.385 e. The second kappa shape index (κ2) is 8.86. The summed E-state index contributed by atoms with van der Waals surface area (Å²) in [4.78, 5) is 12.6. The Bertz CT molecular complexity index is 904. The first kappa shape index (κ1) is 19.2. The summed E-state index contributed by atoms with van der Waals surface area (Å²) in [5.74, 6) is -0.0759. The van der Waals surface area contributed by atoms with E-state index < -0.39 is 0 Å². The van der Waals surface area contributed by atoms with Crippen molar-refractivity contribution >= 4 is 27.5 Å². The van der Waals surface area contributed by atoms with Gasteiger partial charge >= 0.3 is 0 Å². The molecule has 1 aromatic heterocycles. The van der Waals surface area contributed by atoms with Crippen molar-refractivity contribution in [3.05, 3.63) is 76.0 Å². The van der Waals surface area contributed by atoms with Crippen molar-refractivity contribution in [3.63, 3.8) is 0 Å². The molecule has 0 spiro atoms. The van der Waals surface area contributed by atoms with Gasteiger partial charge in [0.25, 0.3) is 5.91 Å². The van der Waals surface area contributed by atoms with Gasteiger partial charge in [-0.1, -0.05) is 34.1 Å². The zero-order valence-corrected chi connectivity index (χ0v) is 17.1. The van der Waals surface area contributed by atoms with Gasteiger partial charge in [-0.3, -0.25) is 4.79 Å². The Morgan fingerprint density at radius 3 is 2.44 bits per heavy atom. The van der Waals surface area contributed by atoms with Crippen LogP contribution in [0.4, 0.5) is 5.69 Å². The van der Waals surface area contributed by atoms with Gasteiger partial charge in [-0.25, -0.2) is 4.68 Å². The van der Waals surface area contributed by atoms with Gasteiger partial charge in [0.05, 0.1) is 22.6 Å². The van der Waals surface area contributed by atoms with Crippen LogP contribution in [-0.4, -0.2) is 28.8 Å². The lowest BCUT2D eigenvalue weighted by atomic mass is 10.2. The number of aromatic nitrogens is 2. The van der Waals surface area contributed by atoms with Crippen LogP contribution in [0.2, 0.25) is 0 Å². The molecule has 0 bridgehead atoms. The fourth-order valence-electron chi connectivity index (χ4n) is 2.97. The predicted octanol–water partition coefficient (Wildman–Crippen LogP) is 4.48. The van der Waals surface area contributed by atoms with E-state index in [1.54, 1.807) is 0 Å². The summed E-state index contributed by atoms with van der Waals surface area (Å²) in [5.41, 5.74) is 4.25. The van der Waals surface area contributed by atoms with Gasteiger partial charge in [0.1, 0.15) is 0 Å². The van der Waals surface area contributed by atoms with Gasteiger partial charge < -0.3 is 10.6 Å². The molecule has 27 heavy (non-hydrogen) atoms. The highest BCUT2D eigenvalue weighted by Gasteiger charge is 2.19. The molecule has 0 aliphatic heterocycles. The second-order valence-electron chi connectivity index (χ2n) is 6.34. The van der Waals surface area contributed by atoms with E-state index in [-0.39, 0.29) is 5.91 Å². The minimum absolute atomic E-state index is 0.0759. The summed E-state index contributed by atoms with van der Waals surface area (Å²) in [7, 11) is 0. The van der Waals surface area contributed by atoms with Crippen molar-refractivity contribution < 1.29 is 4.79 Å². The summed E-state index contributed by atoms with van der Waals surface area (Å²) in [6, 6.07) is 17.9. The van der Waals surface area contributed by atoms with Gasteiger partial charge in [0, 0.05) is 23.2 Å². The second-order valence-corrected chi connectivity index (χ2v) is 7.25. The summed E-state index contributed by atoms with van der Waals surface area (Å²) in [5, 5.41) is 10.9. The van der Waals surface area contributed by atoms with Crippen molar-refractivity contribution in [2.24, 2.45) is 0 Å². The third-order valence-electron chi connectivity index (χ3n) is 4.33. The first-order valence-electron chi connectivity index (χ1n) is 8.95. The molecule has 0 saturated heterocycles. The van der Waals surface area contributed by atoms with E-state index >= 15 is 0 Å².